The molecule has 0 bridgehead atoms. The minimum absolute atomic E-state index is 0. The van der Waals surface area contributed by atoms with E-state index in [1.54, 1.807) is 0 Å². The molecule has 19 heavy (non-hydrogen) atoms. The second kappa shape index (κ2) is 5.51. The number of benzene rings is 1. The van der Waals surface area contributed by atoms with Crippen LogP contribution in [0.4, 0.5) is 0 Å². The van der Waals surface area contributed by atoms with E-state index in [-0.39, 0.29) is 17.8 Å². The van der Waals surface area contributed by atoms with Crippen molar-refractivity contribution in [1.29, 1.82) is 0 Å². The van der Waals surface area contributed by atoms with Gasteiger partial charge in [0.2, 0.25) is 5.91 Å². The molecular weight excluding hydrogens is 260 g/mol. The average molecular weight is 281 g/mol. The molecule has 1 aromatic rings. The van der Waals surface area contributed by atoms with E-state index in [1.807, 2.05) is 11.0 Å². The van der Waals surface area contributed by atoms with Crippen LogP contribution in [-0.4, -0.2) is 37.0 Å². The standard InChI is InChI=1S/C15H20N2O.ClH/c1-2-17-9-8-15(14(17)18)11-16-10-13(15)12-6-4-3-5-7-12;/h3-7,13,16H,2,8-11H2,1H3;1H/t13-,15+;/m1./s1. The van der Waals surface area contributed by atoms with E-state index in [2.05, 4.69) is 36.5 Å². The van der Waals surface area contributed by atoms with Crippen molar-refractivity contribution in [3.05, 3.63) is 35.9 Å². The van der Waals surface area contributed by atoms with E-state index < -0.39 is 0 Å². The van der Waals surface area contributed by atoms with Crippen LogP contribution < -0.4 is 5.32 Å². The van der Waals surface area contributed by atoms with Gasteiger partial charge in [-0.3, -0.25) is 4.79 Å². The summed E-state index contributed by atoms with van der Waals surface area (Å²) in [5.41, 5.74) is 1.12. The highest BCUT2D eigenvalue weighted by atomic mass is 35.5. The summed E-state index contributed by atoms with van der Waals surface area (Å²) in [4.78, 5) is 14.6. The quantitative estimate of drug-likeness (QED) is 0.899. The fourth-order valence-electron chi connectivity index (χ4n) is 3.53. The first-order chi connectivity index (χ1) is 8.78. The molecule has 2 heterocycles. The minimum Gasteiger partial charge on any atom is -0.342 e. The number of likely N-dealkylation sites (tertiary alicyclic amines) is 1. The van der Waals surface area contributed by atoms with E-state index in [4.69, 9.17) is 0 Å². The number of nitrogens with zero attached hydrogens (tertiary/aromatic N) is 1. The van der Waals surface area contributed by atoms with Crippen LogP contribution in [0.2, 0.25) is 0 Å². The number of amides is 1. The van der Waals surface area contributed by atoms with Gasteiger partial charge in [-0.05, 0) is 18.9 Å². The molecule has 2 saturated heterocycles. The van der Waals surface area contributed by atoms with Gasteiger partial charge in [0.1, 0.15) is 0 Å². The molecule has 104 valence electrons. The van der Waals surface area contributed by atoms with Crippen molar-refractivity contribution in [3.8, 4) is 0 Å². The molecule has 0 unspecified atom stereocenters. The van der Waals surface area contributed by atoms with Crippen molar-refractivity contribution in [2.75, 3.05) is 26.2 Å². The normalized spacial score (nSPS) is 29.8. The van der Waals surface area contributed by atoms with Crippen LogP contribution in [0, 0.1) is 5.41 Å². The van der Waals surface area contributed by atoms with Gasteiger partial charge in [-0.25, -0.2) is 0 Å². The van der Waals surface area contributed by atoms with Crippen LogP contribution in [0.25, 0.3) is 0 Å². The van der Waals surface area contributed by atoms with Gasteiger partial charge in [0.15, 0.2) is 0 Å². The van der Waals surface area contributed by atoms with Crippen LogP contribution in [0.15, 0.2) is 30.3 Å². The highest BCUT2D eigenvalue weighted by molar-refractivity contribution is 5.87. The first kappa shape index (κ1) is 14.4. The van der Waals surface area contributed by atoms with Crippen molar-refractivity contribution in [2.24, 2.45) is 5.41 Å². The smallest absolute Gasteiger partial charge is 0.230 e. The number of carbonyl (C=O) groups is 1. The lowest BCUT2D eigenvalue weighted by molar-refractivity contribution is -0.135. The van der Waals surface area contributed by atoms with Crippen LogP contribution in [-0.2, 0) is 4.79 Å². The van der Waals surface area contributed by atoms with E-state index in [0.29, 0.717) is 11.8 Å². The Morgan fingerprint density at radius 3 is 2.74 bits per heavy atom. The van der Waals surface area contributed by atoms with Gasteiger partial charge in [0, 0.05) is 32.1 Å². The summed E-state index contributed by atoms with van der Waals surface area (Å²) in [5.74, 6) is 0.687. The maximum Gasteiger partial charge on any atom is 0.230 e. The molecule has 0 aliphatic carbocycles. The number of halogens is 1. The minimum atomic E-state index is -0.183. The third kappa shape index (κ3) is 2.15. The fourth-order valence-corrected chi connectivity index (χ4v) is 3.53. The number of hydrogen-bond acceptors (Lipinski definition) is 2. The Kier molecular flexibility index (Phi) is 4.16. The molecule has 4 heteroatoms. The Balaban J connectivity index is 0.00000133. The number of carbonyl (C=O) groups excluding carboxylic acids is 1. The van der Waals surface area contributed by atoms with Gasteiger partial charge < -0.3 is 10.2 Å². The van der Waals surface area contributed by atoms with Crippen molar-refractivity contribution in [2.45, 2.75) is 19.3 Å². The Morgan fingerprint density at radius 2 is 2.11 bits per heavy atom. The fraction of sp³-hybridized carbons (Fsp3) is 0.533. The molecule has 3 rings (SSSR count). The molecule has 1 spiro atoms. The van der Waals surface area contributed by atoms with E-state index in [9.17, 15) is 4.79 Å². The third-order valence-electron chi connectivity index (χ3n) is 4.58. The van der Waals surface area contributed by atoms with E-state index in [1.165, 1.54) is 5.56 Å². The lowest BCUT2D eigenvalue weighted by atomic mass is 9.73. The second-order valence-corrected chi connectivity index (χ2v) is 5.39. The number of hydrogen-bond donors (Lipinski definition) is 1. The molecule has 2 aliphatic rings. The molecule has 1 aromatic carbocycles. The summed E-state index contributed by atoms with van der Waals surface area (Å²) >= 11 is 0. The lowest BCUT2D eigenvalue weighted by Crippen LogP contribution is -2.39. The maximum absolute atomic E-state index is 12.6. The third-order valence-corrected chi connectivity index (χ3v) is 4.58. The van der Waals surface area contributed by atoms with Crippen molar-refractivity contribution in [1.82, 2.24) is 10.2 Å². The highest BCUT2D eigenvalue weighted by Gasteiger charge is 2.54. The maximum atomic E-state index is 12.6. The van der Waals surface area contributed by atoms with Crippen molar-refractivity contribution >= 4 is 18.3 Å². The van der Waals surface area contributed by atoms with Crippen molar-refractivity contribution < 1.29 is 4.79 Å². The van der Waals surface area contributed by atoms with Crippen LogP contribution in [0.1, 0.15) is 24.8 Å². The van der Waals surface area contributed by atoms with Gasteiger partial charge in [0.25, 0.3) is 0 Å². The lowest BCUT2D eigenvalue weighted by Gasteiger charge is -2.29. The predicted octanol–water partition coefficient (Wildman–Crippen LogP) is 2.03. The summed E-state index contributed by atoms with van der Waals surface area (Å²) in [7, 11) is 0. The zero-order chi connectivity index (χ0) is 12.6. The zero-order valence-corrected chi connectivity index (χ0v) is 12.1. The first-order valence-corrected chi connectivity index (χ1v) is 6.83. The van der Waals surface area contributed by atoms with Gasteiger partial charge in [-0.1, -0.05) is 30.3 Å². The molecule has 0 aromatic heterocycles. The largest absolute Gasteiger partial charge is 0.342 e. The second-order valence-electron chi connectivity index (χ2n) is 5.39. The molecular formula is C15H21ClN2O. The average Bonchev–Trinajstić information content (AvgIpc) is 2.98. The van der Waals surface area contributed by atoms with Crippen LogP contribution in [0.5, 0.6) is 0 Å². The highest BCUT2D eigenvalue weighted by Crippen LogP contribution is 2.46. The van der Waals surface area contributed by atoms with E-state index in [0.717, 1.165) is 32.6 Å². The Labute approximate surface area is 120 Å². The summed E-state index contributed by atoms with van der Waals surface area (Å²) in [6.07, 6.45) is 0.992. The summed E-state index contributed by atoms with van der Waals surface area (Å²) in [6, 6.07) is 10.5. The van der Waals surface area contributed by atoms with Gasteiger partial charge >= 0.3 is 0 Å². The molecule has 2 fully saturated rings. The first-order valence-electron chi connectivity index (χ1n) is 6.83. The van der Waals surface area contributed by atoms with Crippen LogP contribution >= 0.6 is 12.4 Å². The van der Waals surface area contributed by atoms with E-state index >= 15 is 0 Å². The molecule has 2 aliphatic heterocycles. The topological polar surface area (TPSA) is 32.3 Å². The molecule has 1 N–H and O–H groups in total. The van der Waals surface area contributed by atoms with Crippen molar-refractivity contribution in [3.63, 3.8) is 0 Å². The summed E-state index contributed by atoms with van der Waals surface area (Å²) in [6.45, 7) is 5.58. The Hall–Kier alpha value is -1.06. The number of rotatable bonds is 2. The molecule has 0 radical (unpaired) electrons. The monoisotopic (exact) mass is 280 g/mol. The summed E-state index contributed by atoms with van der Waals surface area (Å²) in [5, 5.41) is 3.43. The Morgan fingerprint density at radius 1 is 1.37 bits per heavy atom. The van der Waals surface area contributed by atoms with Crippen LogP contribution in [0.3, 0.4) is 0 Å². The zero-order valence-electron chi connectivity index (χ0n) is 11.3. The number of nitrogens with one attached hydrogen (secondary N) is 1. The molecule has 1 amide bonds. The van der Waals surface area contributed by atoms with Gasteiger partial charge in [-0.15, -0.1) is 12.4 Å². The van der Waals surface area contributed by atoms with Gasteiger partial charge in [-0.2, -0.15) is 0 Å². The summed E-state index contributed by atoms with van der Waals surface area (Å²) < 4.78 is 0. The molecule has 3 nitrogen and oxygen atoms in total. The predicted molar refractivity (Wildman–Crippen MR) is 78.6 cm³/mol. The SMILES string of the molecule is CCN1CC[C@@]2(CNC[C@@H]2c2ccccc2)C1=O.Cl. The Bertz CT molecular complexity index is 451. The molecule has 0 saturated carbocycles. The molecule has 2 atom stereocenters. The van der Waals surface area contributed by atoms with Gasteiger partial charge in [0.05, 0.1) is 5.41 Å².